The molecule has 2 aromatic rings. The molecule has 1 aliphatic carbocycles. The second kappa shape index (κ2) is 9.79. The summed E-state index contributed by atoms with van der Waals surface area (Å²) in [6.45, 7) is -0.570. The highest BCUT2D eigenvalue weighted by Gasteiger charge is 2.30. The Morgan fingerprint density at radius 2 is 2.00 bits per heavy atom. The summed E-state index contributed by atoms with van der Waals surface area (Å²) < 4.78 is 43.0. The lowest BCUT2D eigenvalue weighted by Gasteiger charge is -2.06. The number of nitrogens with zero attached hydrogens (tertiary/aromatic N) is 1. The molecule has 0 fully saturated rings. The van der Waals surface area contributed by atoms with Crippen LogP contribution in [0.15, 0.2) is 30.3 Å². The monoisotopic (exact) mass is 448 g/mol. The van der Waals surface area contributed by atoms with Gasteiger partial charge in [-0.3, -0.25) is 4.79 Å². The standard InChI is InChI=1S/C22H19F3N2O3S/c23-22(24,25)15-6-4-5-14(11-15)9-10-20(29)30-13-19(28)27-21-17(12-26)16-7-2-1-3-8-18(16)31-21/h4-6,9-11H,1-3,7-8,13H2,(H,27,28). The number of amides is 1. The topological polar surface area (TPSA) is 79.2 Å². The molecule has 1 amide bonds. The minimum absolute atomic E-state index is 0.176. The third-order valence-corrected chi connectivity index (χ3v) is 5.96. The first-order chi connectivity index (χ1) is 14.8. The molecule has 1 aliphatic rings. The molecule has 9 heteroatoms. The van der Waals surface area contributed by atoms with Crippen molar-refractivity contribution in [3.63, 3.8) is 0 Å². The van der Waals surface area contributed by atoms with Crippen molar-refractivity contribution in [2.75, 3.05) is 11.9 Å². The van der Waals surface area contributed by atoms with E-state index in [0.717, 1.165) is 60.8 Å². The Morgan fingerprint density at radius 3 is 2.74 bits per heavy atom. The Morgan fingerprint density at radius 1 is 1.23 bits per heavy atom. The number of rotatable bonds is 5. The van der Waals surface area contributed by atoms with Gasteiger partial charge in [-0.2, -0.15) is 18.4 Å². The van der Waals surface area contributed by atoms with Crippen LogP contribution in [0.2, 0.25) is 0 Å². The largest absolute Gasteiger partial charge is 0.452 e. The fourth-order valence-electron chi connectivity index (χ4n) is 3.28. The molecule has 0 unspecified atom stereocenters. The molecule has 5 nitrogen and oxygen atoms in total. The molecule has 0 spiro atoms. The number of thiophene rings is 1. The summed E-state index contributed by atoms with van der Waals surface area (Å²) in [6.07, 6.45) is 2.49. The summed E-state index contributed by atoms with van der Waals surface area (Å²) in [6, 6.07) is 6.63. The number of ether oxygens (including phenoxy) is 1. The maximum Gasteiger partial charge on any atom is 0.416 e. The van der Waals surface area contributed by atoms with E-state index in [4.69, 9.17) is 4.74 Å². The Balaban J connectivity index is 1.56. The Hall–Kier alpha value is -3.12. The predicted molar refractivity (Wildman–Crippen MR) is 110 cm³/mol. The number of esters is 1. The molecule has 0 bridgehead atoms. The predicted octanol–water partition coefficient (Wildman–Crippen LogP) is 5.10. The fraction of sp³-hybridized carbons (Fsp3) is 0.318. The summed E-state index contributed by atoms with van der Waals surface area (Å²) in [5, 5.41) is 12.6. The SMILES string of the molecule is N#Cc1c(NC(=O)COC(=O)C=Cc2cccc(C(F)(F)F)c2)sc2c1CCCCC2. The average Bonchev–Trinajstić information content (AvgIpc) is 2.89. The molecule has 0 saturated heterocycles. The van der Waals surface area contributed by atoms with Crippen LogP contribution in [0.4, 0.5) is 18.2 Å². The number of fused-ring (bicyclic) bond motifs is 1. The number of carbonyl (C=O) groups is 2. The highest BCUT2D eigenvalue weighted by molar-refractivity contribution is 7.16. The van der Waals surface area contributed by atoms with Crippen molar-refractivity contribution in [3.05, 3.63) is 57.5 Å². The van der Waals surface area contributed by atoms with E-state index in [9.17, 15) is 28.0 Å². The second-order valence-electron chi connectivity index (χ2n) is 6.99. The van der Waals surface area contributed by atoms with E-state index in [1.807, 2.05) is 0 Å². The Labute approximate surface area is 181 Å². The van der Waals surface area contributed by atoms with Crippen molar-refractivity contribution in [3.8, 4) is 6.07 Å². The number of nitrogens with one attached hydrogen (secondary N) is 1. The van der Waals surface area contributed by atoms with Gasteiger partial charge in [-0.05, 0) is 55.0 Å². The van der Waals surface area contributed by atoms with Crippen LogP contribution >= 0.6 is 11.3 Å². The number of nitriles is 1. The minimum atomic E-state index is -4.48. The molecule has 1 N–H and O–H groups in total. The van der Waals surface area contributed by atoms with E-state index >= 15 is 0 Å². The zero-order valence-electron chi connectivity index (χ0n) is 16.4. The summed E-state index contributed by atoms with van der Waals surface area (Å²) >= 11 is 1.37. The van der Waals surface area contributed by atoms with E-state index < -0.39 is 30.2 Å². The number of hydrogen-bond acceptors (Lipinski definition) is 5. The second-order valence-corrected chi connectivity index (χ2v) is 8.10. The molecule has 0 aliphatic heterocycles. The number of hydrogen-bond donors (Lipinski definition) is 1. The number of alkyl halides is 3. The molecule has 1 aromatic heterocycles. The fourth-order valence-corrected chi connectivity index (χ4v) is 4.54. The van der Waals surface area contributed by atoms with Crippen LogP contribution in [0.25, 0.3) is 6.08 Å². The summed E-state index contributed by atoms with van der Waals surface area (Å²) in [4.78, 5) is 25.1. The van der Waals surface area contributed by atoms with Crippen LogP contribution in [-0.4, -0.2) is 18.5 Å². The van der Waals surface area contributed by atoms with Gasteiger partial charge in [0, 0.05) is 11.0 Å². The van der Waals surface area contributed by atoms with Crippen molar-refractivity contribution >= 4 is 34.3 Å². The van der Waals surface area contributed by atoms with Gasteiger partial charge in [0.25, 0.3) is 5.91 Å². The number of anilines is 1. The van der Waals surface area contributed by atoms with Gasteiger partial charge < -0.3 is 10.1 Å². The highest BCUT2D eigenvalue weighted by Crippen LogP contribution is 2.37. The van der Waals surface area contributed by atoms with Crippen LogP contribution in [0.3, 0.4) is 0 Å². The number of aryl methyl sites for hydroxylation is 1. The van der Waals surface area contributed by atoms with Gasteiger partial charge in [0.1, 0.15) is 11.1 Å². The van der Waals surface area contributed by atoms with Gasteiger partial charge >= 0.3 is 12.1 Å². The average molecular weight is 448 g/mol. The molecule has 0 radical (unpaired) electrons. The third-order valence-electron chi connectivity index (χ3n) is 4.76. The lowest BCUT2D eigenvalue weighted by molar-refractivity contribution is -0.142. The van der Waals surface area contributed by atoms with E-state index in [2.05, 4.69) is 11.4 Å². The van der Waals surface area contributed by atoms with Crippen LogP contribution in [0.5, 0.6) is 0 Å². The number of carbonyl (C=O) groups excluding carboxylic acids is 2. The zero-order chi connectivity index (χ0) is 22.4. The Bertz CT molecular complexity index is 1050. The van der Waals surface area contributed by atoms with Gasteiger partial charge in [-0.25, -0.2) is 4.79 Å². The molecule has 162 valence electrons. The van der Waals surface area contributed by atoms with Crippen molar-refractivity contribution in [2.45, 2.75) is 38.3 Å². The van der Waals surface area contributed by atoms with E-state index in [1.165, 1.54) is 29.5 Å². The number of benzene rings is 1. The quantitative estimate of drug-likeness (QED) is 0.392. The maximum absolute atomic E-state index is 12.7. The molecule has 31 heavy (non-hydrogen) atoms. The maximum atomic E-state index is 12.7. The molecular weight excluding hydrogens is 429 g/mol. The van der Waals surface area contributed by atoms with Crippen molar-refractivity contribution < 1.29 is 27.5 Å². The van der Waals surface area contributed by atoms with Crippen molar-refractivity contribution in [1.29, 1.82) is 5.26 Å². The van der Waals surface area contributed by atoms with E-state index in [1.54, 1.807) is 0 Å². The molecule has 1 aromatic carbocycles. The lowest BCUT2D eigenvalue weighted by atomic mass is 10.1. The van der Waals surface area contributed by atoms with Gasteiger partial charge in [0.05, 0.1) is 11.1 Å². The highest BCUT2D eigenvalue weighted by atomic mass is 32.1. The van der Waals surface area contributed by atoms with Gasteiger partial charge in [-0.1, -0.05) is 18.6 Å². The van der Waals surface area contributed by atoms with E-state index in [0.29, 0.717) is 10.6 Å². The van der Waals surface area contributed by atoms with Crippen molar-refractivity contribution in [2.24, 2.45) is 0 Å². The molecule has 1 heterocycles. The summed E-state index contributed by atoms with van der Waals surface area (Å²) in [7, 11) is 0. The third kappa shape index (κ3) is 5.95. The lowest BCUT2D eigenvalue weighted by Crippen LogP contribution is -2.20. The van der Waals surface area contributed by atoms with Crippen molar-refractivity contribution in [1.82, 2.24) is 0 Å². The van der Waals surface area contributed by atoms with Crippen LogP contribution in [0, 0.1) is 11.3 Å². The first-order valence-corrected chi connectivity index (χ1v) is 10.5. The van der Waals surface area contributed by atoms with Gasteiger partial charge in [0.15, 0.2) is 6.61 Å². The molecule has 3 rings (SSSR count). The molecule has 0 atom stereocenters. The number of halogens is 3. The van der Waals surface area contributed by atoms with Crippen LogP contribution in [-0.2, 0) is 33.3 Å². The van der Waals surface area contributed by atoms with Gasteiger partial charge in [0.2, 0.25) is 0 Å². The molecular formula is C22H19F3N2O3S. The Kier molecular flexibility index (Phi) is 7.13. The zero-order valence-corrected chi connectivity index (χ0v) is 17.2. The minimum Gasteiger partial charge on any atom is -0.452 e. The molecule has 0 saturated carbocycles. The first kappa shape index (κ1) is 22.6. The smallest absolute Gasteiger partial charge is 0.416 e. The summed E-state index contributed by atoms with van der Waals surface area (Å²) in [5.41, 5.74) is 0.798. The summed E-state index contributed by atoms with van der Waals surface area (Å²) in [5.74, 6) is -1.45. The normalized spacial score (nSPS) is 13.9. The van der Waals surface area contributed by atoms with Crippen LogP contribution in [0.1, 0.15) is 46.4 Å². The van der Waals surface area contributed by atoms with E-state index in [-0.39, 0.29) is 5.56 Å². The van der Waals surface area contributed by atoms with Crippen LogP contribution < -0.4 is 5.32 Å². The first-order valence-electron chi connectivity index (χ1n) is 9.64. The van der Waals surface area contributed by atoms with Gasteiger partial charge in [-0.15, -0.1) is 11.3 Å².